The van der Waals surface area contributed by atoms with Gasteiger partial charge < -0.3 is 10.5 Å². The van der Waals surface area contributed by atoms with Crippen LogP contribution >= 0.6 is 0 Å². The smallest absolute Gasteiger partial charge is 0.123 e. The Morgan fingerprint density at radius 2 is 1.67 bits per heavy atom. The van der Waals surface area contributed by atoms with Crippen molar-refractivity contribution in [1.82, 2.24) is 4.90 Å². The van der Waals surface area contributed by atoms with E-state index in [4.69, 9.17) is 10.5 Å². The molecule has 0 unspecified atom stereocenters. The Balaban J connectivity index is 1.98. The van der Waals surface area contributed by atoms with Gasteiger partial charge in [-0.3, -0.25) is 4.90 Å². The zero-order valence-corrected chi connectivity index (χ0v) is 12.7. The Labute approximate surface area is 127 Å². The van der Waals surface area contributed by atoms with Gasteiger partial charge in [0.2, 0.25) is 0 Å². The van der Waals surface area contributed by atoms with Gasteiger partial charge >= 0.3 is 0 Å². The number of hydrogen-bond acceptors (Lipinski definition) is 3. The summed E-state index contributed by atoms with van der Waals surface area (Å²) in [6, 6.07) is 18.7. The van der Waals surface area contributed by atoms with Crippen LogP contribution in [-0.4, -0.2) is 31.6 Å². The molecule has 2 N–H and O–H groups in total. The summed E-state index contributed by atoms with van der Waals surface area (Å²) < 4.78 is 5.43. The number of ether oxygens (including phenoxy) is 1. The Morgan fingerprint density at radius 1 is 0.952 bits per heavy atom. The van der Waals surface area contributed by atoms with Crippen molar-refractivity contribution in [2.24, 2.45) is 5.73 Å². The molecular weight excluding hydrogens is 260 g/mol. The fourth-order valence-corrected chi connectivity index (χ4v) is 2.46. The summed E-state index contributed by atoms with van der Waals surface area (Å²) in [5, 5.41) is 0. The van der Waals surface area contributed by atoms with E-state index in [9.17, 15) is 0 Å². The lowest BCUT2D eigenvalue weighted by molar-refractivity contribution is 0.271. The minimum atomic E-state index is 0.671. The van der Waals surface area contributed by atoms with Gasteiger partial charge in [-0.25, -0.2) is 0 Å². The number of para-hydroxylation sites is 1. The van der Waals surface area contributed by atoms with Gasteiger partial charge in [-0.15, -0.1) is 0 Å². The van der Waals surface area contributed by atoms with Crippen LogP contribution < -0.4 is 10.5 Å². The fraction of sp³-hybridized carbons (Fsp3) is 0.333. The Bertz CT molecular complexity index is 528. The second kappa shape index (κ2) is 8.45. The number of nitrogens with zero attached hydrogens (tertiary/aromatic N) is 1. The van der Waals surface area contributed by atoms with Gasteiger partial charge in [0.15, 0.2) is 0 Å². The van der Waals surface area contributed by atoms with Crippen molar-refractivity contribution < 1.29 is 4.74 Å². The normalized spacial score (nSPS) is 10.8. The van der Waals surface area contributed by atoms with Crippen LogP contribution in [0.15, 0.2) is 54.6 Å². The predicted octanol–water partition coefficient (Wildman–Crippen LogP) is 2.70. The molecule has 0 atom stereocenters. The van der Waals surface area contributed by atoms with Crippen LogP contribution in [0.5, 0.6) is 5.75 Å². The van der Waals surface area contributed by atoms with Gasteiger partial charge in [-0.05, 0) is 18.1 Å². The standard InChI is InChI=1S/C18H24N2O/c1-21-18-10-6-5-9-17(18)15-20(14-12-19)13-11-16-7-3-2-4-8-16/h2-10H,11-15,19H2,1H3. The van der Waals surface area contributed by atoms with E-state index >= 15 is 0 Å². The van der Waals surface area contributed by atoms with Crippen molar-refractivity contribution in [3.8, 4) is 5.75 Å². The molecule has 21 heavy (non-hydrogen) atoms. The van der Waals surface area contributed by atoms with Gasteiger partial charge in [-0.1, -0.05) is 48.5 Å². The second-order valence-corrected chi connectivity index (χ2v) is 5.11. The van der Waals surface area contributed by atoms with Gasteiger partial charge in [0.1, 0.15) is 5.75 Å². The van der Waals surface area contributed by atoms with Crippen molar-refractivity contribution in [2.75, 3.05) is 26.7 Å². The third-order valence-corrected chi connectivity index (χ3v) is 3.59. The van der Waals surface area contributed by atoms with Crippen molar-refractivity contribution in [2.45, 2.75) is 13.0 Å². The molecule has 0 amide bonds. The molecule has 0 saturated heterocycles. The lowest BCUT2D eigenvalue weighted by Crippen LogP contribution is -2.31. The average Bonchev–Trinajstić information content (AvgIpc) is 2.54. The van der Waals surface area contributed by atoms with Crippen LogP contribution in [0.4, 0.5) is 0 Å². The Hall–Kier alpha value is -1.84. The molecule has 0 aromatic heterocycles. The van der Waals surface area contributed by atoms with E-state index < -0.39 is 0 Å². The highest BCUT2D eigenvalue weighted by Crippen LogP contribution is 2.19. The van der Waals surface area contributed by atoms with E-state index in [1.54, 1.807) is 7.11 Å². The summed E-state index contributed by atoms with van der Waals surface area (Å²) in [7, 11) is 1.72. The zero-order chi connectivity index (χ0) is 14.9. The zero-order valence-electron chi connectivity index (χ0n) is 12.7. The number of hydrogen-bond donors (Lipinski definition) is 1. The summed E-state index contributed by atoms with van der Waals surface area (Å²) in [6.45, 7) is 3.43. The summed E-state index contributed by atoms with van der Waals surface area (Å²) >= 11 is 0. The summed E-state index contributed by atoms with van der Waals surface area (Å²) in [4.78, 5) is 2.38. The van der Waals surface area contributed by atoms with Crippen LogP contribution in [0.25, 0.3) is 0 Å². The molecule has 3 heteroatoms. The first-order chi connectivity index (χ1) is 10.3. The van der Waals surface area contributed by atoms with Gasteiger partial charge in [0.25, 0.3) is 0 Å². The lowest BCUT2D eigenvalue weighted by atomic mass is 10.1. The molecule has 3 nitrogen and oxygen atoms in total. The lowest BCUT2D eigenvalue weighted by Gasteiger charge is -2.22. The van der Waals surface area contributed by atoms with E-state index in [0.717, 1.165) is 31.8 Å². The van der Waals surface area contributed by atoms with Gasteiger partial charge in [0.05, 0.1) is 7.11 Å². The highest BCUT2D eigenvalue weighted by Gasteiger charge is 2.09. The SMILES string of the molecule is COc1ccccc1CN(CCN)CCc1ccccc1. The molecule has 112 valence electrons. The maximum absolute atomic E-state index is 5.75. The summed E-state index contributed by atoms with van der Waals surface area (Å²) in [5.41, 5.74) is 8.32. The second-order valence-electron chi connectivity index (χ2n) is 5.11. The molecule has 0 heterocycles. The monoisotopic (exact) mass is 284 g/mol. The largest absolute Gasteiger partial charge is 0.496 e. The number of methoxy groups -OCH3 is 1. The van der Waals surface area contributed by atoms with Crippen molar-refractivity contribution in [3.05, 3.63) is 65.7 Å². The molecule has 0 bridgehead atoms. The van der Waals surface area contributed by atoms with E-state index in [2.05, 4.69) is 47.4 Å². The molecule has 0 aliphatic rings. The van der Waals surface area contributed by atoms with Crippen molar-refractivity contribution in [1.29, 1.82) is 0 Å². The predicted molar refractivity (Wildman–Crippen MR) is 87.5 cm³/mol. The molecule has 2 aromatic carbocycles. The molecule has 2 aromatic rings. The van der Waals surface area contributed by atoms with Crippen molar-refractivity contribution in [3.63, 3.8) is 0 Å². The van der Waals surface area contributed by atoms with Crippen LogP contribution in [0, 0.1) is 0 Å². The highest BCUT2D eigenvalue weighted by atomic mass is 16.5. The first-order valence-corrected chi connectivity index (χ1v) is 7.41. The topological polar surface area (TPSA) is 38.5 Å². The minimum Gasteiger partial charge on any atom is -0.496 e. The fourth-order valence-electron chi connectivity index (χ4n) is 2.46. The first kappa shape index (κ1) is 15.5. The van der Waals surface area contributed by atoms with Gasteiger partial charge in [0, 0.05) is 31.7 Å². The first-order valence-electron chi connectivity index (χ1n) is 7.41. The third-order valence-electron chi connectivity index (χ3n) is 3.59. The van der Waals surface area contributed by atoms with Crippen LogP contribution in [-0.2, 0) is 13.0 Å². The van der Waals surface area contributed by atoms with Crippen LogP contribution in [0.1, 0.15) is 11.1 Å². The molecule has 0 aliphatic heterocycles. The third kappa shape index (κ3) is 4.88. The molecule has 0 aliphatic carbocycles. The van der Waals surface area contributed by atoms with E-state index in [-0.39, 0.29) is 0 Å². The number of benzene rings is 2. The maximum atomic E-state index is 5.75. The highest BCUT2D eigenvalue weighted by molar-refractivity contribution is 5.33. The van der Waals surface area contributed by atoms with Gasteiger partial charge in [-0.2, -0.15) is 0 Å². The molecule has 2 rings (SSSR count). The average molecular weight is 284 g/mol. The van der Waals surface area contributed by atoms with E-state index in [1.807, 2.05) is 12.1 Å². The minimum absolute atomic E-state index is 0.671. The maximum Gasteiger partial charge on any atom is 0.123 e. The molecule has 0 radical (unpaired) electrons. The summed E-state index contributed by atoms with van der Waals surface area (Å²) in [6.07, 6.45) is 1.04. The van der Waals surface area contributed by atoms with Crippen molar-refractivity contribution >= 4 is 0 Å². The Kier molecular flexibility index (Phi) is 6.25. The molecule has 0 fully saturated rings. The number of nitrogens with two attached hydrogens (primary N) is 1. The Morgan fingerprint density at radius 3 is 2.38 bits per heavy atom. The van der Waals surface area contributed by atoms with E-state index in [1.165, 1.54) is 11.1 Å². The molecule has 0 spiro atoms. The van der Waals surface area contributed by atoms with Crippen LogP contribution in [0.2, 0.25) is 0 Å². The molecule has 0 saturated carbocycles. The quantitative estimate of drug-likeness (QED) is 0.810. The molecular formula is C18H24N2O. The number of rotatable bonds is 8. The van der Waals surface area contributed by atoms with E-state index in [0.29, 0.717) is 6.54 Å². The van der Waals surface area contributed by atoms with Crippen LogP contribution in [0.3, 0.4) is 0 Å². The summed E-state index contributed by atoms with van der Waals surface area (Å²) in [5.74, 6) is 0.944.